The van der Waals surface area contributed by atoms with Gasteiger partial charge in [-0.15, -0.1) is 10.2 Å². The Balaban J connectivity index is 2.53. The molecule has 72 valence electrons. The maximum atomic E-state index is 13.2. The Bertz CT molecular complexity index is 467. The van der Waals surface area contributed by atoms with Gasteiger partial charge in [-0.2, -0.15) is 0 Å². The summed E-state index contributed by atoms with van der Waals surface area (Å²) in [5.41, 5.74) is 1.21. The Morgan fingerprint density at radius 2 is 2.21 bits per heavy atom. The Morgan fingerprint density at radius 1 is 1.43 bits per heavy atom. The summed E-state index contributed by atoms with van der Waals surface area (Å²) in [6, 6.07) is 4.83. The molecular formula is C9H7ClFN3. The minimum Gasteiger partial charge on any atom is -0.272 e. The van der Waals surface area contributed by atoms with Crippen LogP contribution >= 0.6 is 11.6 Å². The first-order valence-electron chi connectivity index (χ1n) is 4.00. The zero-order valence-electron chi connectivity index (χ0n) is 7.41. The van der Waals surface area contributed by atoms with E-state index in [4.69, 9.17) is 11.6 Å². The van der Waals surface area contributed by atoms with Crippen molar-refractivity contribution in [2.24, 2.45) is 0 Å². The van der Waals surface area contributed by atoms with E-state index in [1.807, 2.05) is 0 Å². The second-order valence-electron chi connectivity index (χ2n) is 2.90. The van der Waals surface area contributed by atoms with E-state index in [0.29, 0.717) is 11.3 Å². The van der Waals surface area contributed by atoms with Crippen molar-refractivity contribution in [2.75, 3.05) is 0 Å². The van der Waals surface area contributed by atoms with Crippen LogP contribution in [-0.2, 0) is 0 Å². The van der Waals surface area contributed by atoms with E-state index < -0.39 is 0 Å². The Labute approximate surface area is 85.1 Å². The van der Waals surface area contributed by atoms with Crippen LogP contribution < -0.4 is 0 Å². The Morgan fingerprint density at radius 3 is 2.79 bits per heavy atom. The monoisotopic (exact) mass is 211 g/mol. The number of halogens is 2. The van der Waals surface area contributed by atoms with Gasteiger partial charge in [0.05, 0.1) is 5.69 Å². The maximum absolute atomic E-state index is 13.2. The highest BCUT2D eigenvalue weighted by Gasteiger charge is 2.05. The molecule has 0 N–H and O–H groups in total. The fourth-order valence-corrected chi connectivity index (χ4v) is 1.31. The standard InChI is InChI=1S/C9H7ClFN3/c1-6-2-3-7(4-8(6)11)14-5-12-13-9(14)10/h2-5H,1H3. The molecule has 2 rings (SSSR count). The van der Waals surface area contributed by atoms with Crippen LogP contribution in [0.25, 0.3) is 5.69 Å². The van der Waals surface area contributed by atoms with Crippen molar-refractivity contribution in [1.29, 1.82) is 0 Å². The van der Waals surface area contributed by atoms with E-state index in [9.17, 15) is 4.39 Å². The molecule has 0 bridgehead atoms. The van der Waals surface area contributed by atoms with Crippen molar-refractivity contribution in [2.45, 2.75) is 6.92 Å². The number of rotatable bonds is 1. The second-order valence-corrected chi connectivity index (χ2v) is 3.24. The summed E-state index contributed by atoms with van der Waals surface area (Å²) < 4.78 is 14.7. The highest BCUT2D eigenvalue weighted by atomic mass is 35.5. The van der Waals surface area contributed by atoms with Gasteiger partial charge in [0.15, 0.2) is 0 Å². The highest BCUT2D eigenvalue weighted by molar-refractivity contribution is 6.28. The van der Waals surface area contributed by atoms with E-state index in [-0.39, 0.29) is 11.1 Å². The third kappa shape index (κ3) is 1.48. The van der Waals surface area contributed by atoms with Gasteiger partial charge in [-0.1, -0.05) is 6.07 Å². The first kappa shape index (κ1) is 9.15. The largest absolute Gasteiger partial charge is 0.272 e. The summed E-state index contributed by atoms with van der Waals surface area (Å²) >= 11 is 5.73. The molecule has 0 radical (unpaired) electrons. The zero-order valence-corrected chi connectivity index (χ0v) is 8.16. The molecule has 5 heteroatoms. The smallest absolute Gasteiger partial charge is 0.229 e. The van der Waals surface area contributed by atoms with Gasteiger partial charge >= 0.3 is 0 Å². The lowest BCUT2D eigenvalue weighted by Gasteiger charge is -2.03. The molecule has 1 aromatic heterocycles. The van der Waals surface area contributed by atoms with Crippen molar-refractivity contribution < 1.29 is 4.39 Å². The van der Waals surface area contributed by atoms with E-state index in [0.717, 1.165) is 0 Å². The maximum Gasteiger partial charge on any atom is 0.229 e. The lowest BCUT2D eigenvalue weighted by molar-refractivity contribution is 0.617. The molecule has 1 heterocycles. The molecular weight excluding hydrogens is 205 g/mol. The predicted molar refractivity (Wildman–Crippen MR) is 51.1 cm³/mol. The molecule has 2 aromatic rings. The van der Waals surface area contributed by atoms with Crippen molar-refractivity contribution in [3.8, 4) is 5.69 Å². The van der Waals surface area contributed by atoms with E-state index >= 15 is 0 Å². The van der Waals surface area contributed by atoms with Gasteiger partial charge in [0.2, 0.25) is 5.28 Å². The Hall–Kier alpha value is -1.42. The highest BCUT2D eigenvalue weighted by Crippen LogP contribution is 2.16. The van der Waals surface area contributed by atoms with Gasteiger partial charge in [-0.3, -0.25) is 4.57 Å². The normalized spacial score (nSPS) is 10.5. The van der Waals surface area contributed by atoms with Crippen molar-refractivity contribution in [1.82, 2.24) is 14.8 Å². The van der Waals surface area contributed by atoms with Gasteiger partial charge in [0.25, 0.3) is 0 Å². The quantitative estimate of drug-likeness (QED) is 0.725. The fourth-order valence-electron chi connectivity index (χ4n) is 1.13. The topological polar surface area (TPSA) is 30.7 Å². The summed E-state index contributed by atoms with van der Waals surface area (Å²) in [4.78, 5) is 0. The summed E-state index contributed by atoms with van der Waals surface area (Å²) in [5, 5.41) is 7.43. The van der Waals surface area contributed by atoms with Gasteiger partial charge in [-0.05, 0) is 36.2 Å². The van der Waals surface area contributed by atoms with Crippen LogP contribution in [0.3, 0.4) is 0 Å². The molecule has 0 amide bonds. The molecule has 14 heavy (non-hydrogen) atoms. The lowest BCUT2D eigenvalue weighted by atomic mass is 10.2. The van der Waals surface area contributed by atoms with Crippen LogP contribution in [0.2, 0.25) is 5.28 Å². The number of aromatic nitrogens is 3. The van der Waals surface area contributed by atoms with Crippen LogP contribution in [0.4, 0.5) is 4.39 Å². The molecule has 0 fully saturated rings. The van der Waals surface area contributed by atoms with E-state index in [2.05, 4.69) is 10.2 Å². The Kier molecular flexibility index (Phi) is 2.21. The van der Waals surface area contributed by atoms with E-state index in [1.54, 1.807) is 19.1 Å². The van der Waals surface area contributed by atoms with Gasteiger partial charge in [-0.25, -0.2) is 4.39 Å². The van der Waals surface area contributed by atoms with Crippen molar-refractivity contribution >= 4 is 11.6 Å². The summed E-state index contributed by atoms with van der Waals surface area (Å²) in [7, 11) is 0. The third-order valence-electron chi connectivity index (χ3n) is 1.94. The minimum absolute atomic E-state index is 0.216. The summed E-state index contributed by atoms with van der Waals surface area (Å²) in [5.74, 6) is -0.271. The van der Waals surface area contributed by atoms with Crippen LogP contribution in [-0.4, -0.2) is 14.8 Å². The van der Waals surface area contributed by atoms with Crippen LogP contribution in [0, 0.1) is 12.7 Å². The fraction of sp³-hybridized carbons (Fsp3) is 0.111. The molecule has 3 nitrogen and oxygen atoms in total. The van der Waals surface area contributed by atoms with Crippen molar-refractivity contribution in [3.63, 3.8) is 0 Å². The van der Waals surface area contributed by atoms with E-state index in [1.165, 1.54) is 17.0 Å². The number of benzene rings is 1. The molecule has 0 saturated carbocycles. The first-order valence-corrected chi connectivity index (χ1v) is 4.38. The van der Waals surface area contributed by atoms with Crippen LogP contribution in [0.1, 0.15) is 5.56 Å². The zero-order chi connectivity index (χ0) is 10.1. The molecule has 0 atom stereocenters. The molecule has 0 aliphatic rings. The summed E-state index contributed by atoms with van der Waals surface area (Å²) in [6.07, 6.45) is 1.44. The van der Waals surface area contributed by atoms with Gasteiger partial charge < -0.3 is 0 Å². The SMILES string of the molecule is Cc1ccc(-n2cnnc2Cl)cc1F. The second kappa shape index (κ2) is 3.38. The summed E-state index contributed by atoms with van der Waals surface area (Å²) in [6.45, 7) is 1.70. The molecule has 0 spiro atoms. The van der Waals surface area contributed by atoms with Crippen LogP contribution in [0.15, 0.2) is 24.5 Å². The molecule has 0 saturated heterocycles. The lowest BCUT2D eigenvalue weighted by Crippen LogP contribution is -1.94. The molecule has 1 aromatic carbocycles. The number of nitrogens with zero attached hydrogens (tertiary/aromatic N) is 3. The van der Waals surface area contributed by atoms with Crippen LogP contribution in [0.5, 0.6) is 0 Å². The number of hydrogen-bond acceptors (Lipinski definition) is 2. The number of hydrogen-bond donors (Lipinski definition) is 0. The molecule has 0 aliphatic heterocycles. The third-order valence-corrected chi connectivity index (χ3v) is 2.20. The first-order chi connectivity index (χ1) is 6.68. The minimum atomic E-state index is -0.271. The van der Waals surface area contributed by atoms with Crippen molar-refractivity contribution in [3.05, 3.63) is 41.2 Å². The number of aryl methyl sites for hydroxylation is 1. The average Bonchev–Trinajstić information content (AvgIpc) is 2.57. The van der Waals surface area contributed by atoms with Gasteiger partial charge in [0.1, 0.15) is 12.1 Å². The van der Waals surface area contributed by atoms with Gasteiger partial charge in [0, 0.05) is 0 Å². The molecule has 0 aliphatic carbocycles. The predicted octanol–water partition coefficient (Wildman–Crippen LogP) is 2.37. The average molecular weight is 212 g/mol. The molecule has 0 unspecified atom stereocenters.